The Hall–Kier alpha value is -1.43. The molecule has 0 aromatic heterocycles. The first kappa shape index (κ1) is 6.69. The van der Waals surface area contributed by atoms with E-state index < -0.39 is 0 Å². The fraction of sp³-hybridized carbons (Fsp3) is 0.286. The van der Waals surface area contributed by atoms with Crippen LogP contribution in [0.1, 0.15) is 12.8 Å². The van der Waals surface area contributed by atoms with E-state index in [2.05, 4.69) is 0 Å². The maximum atomic E-state index is 8.46. The number of nitrogens with zero attached hydrogens (tertiary/aromatic N) is 1. The maximum absolute atomic E-state index is 8.46. The fourth-order valence-electron chi connectivity index (χ4n) is 0.854. The third kappa shape index (κ3) is 1.11. The van der Waals surface area contributed by atoms with Crippen LogP contribution >= 0.6 is 0 Å². The Balaban J connectivity index is 2.89. The summed E-state index contributed by atoms with van der Waals surface area (Å²) in [7, 11) is 0. The zero-order valence-electron chi connectivity index (χ0n) is 5.59. The van der Waals surface area contributed by atoms with Crippen LogP contribution in [0, 0.1) is 11.3 Å². The van der Waals surface area contributed by atoms with Crippen LogP contribution in [0.4, 0.5) is 0 Å². The number of hydrogen-bond acceptors (Lipinski definition) is 3. The van der Waals surface area contributed by atoms with E-state index in [1.807, 2.05) is 6.07 Å². The maximum Gasteiger partial charge on any atom is 0.0947 e. The predicted molar refractivity (Wildman–Crippen MR) is 38.3 cm³/mol. The van der Waals surface area contributed by atoms with Crippen molar-refractivity contribution in [3.8, 4) is 6.07 Å². The third-order valence-electron chi connectivity index (χ3n) is 1.51. The van der Waals surface area contributed by atoms with E-state index in [-0.39, 0.29) is 0 Å². The molecule has 3 heteroatoms. The van der Waals surface area contributed by atoms with Crippen LogP contribution in [-0.2, 0) is 0 Å². The highest BCUT2D eigenvalue weighted by molar-refractivity contribution is 5.36. The van der Waals surface area contributed by atoms with Gasteiger partial charge in [-0.1, -0.05) is 0 Å². The Labute approximate surface area is 59.6 Å². The van der Waals surface area contributed by atoms with Gasteiger partial charge < -0.3 is 11.5 Å². The Bertz CT molecular complexity index is 242. The first-order valence-corrected chi connectivity index (χ1v) is 3.09. The largest absolute Gasteiger partial charge is 0.400 e. The minimum Gasteiger partial charge on any atom is -0.400 e. The molecule has 1 aliphatic rings. The van der Waals surface area contributed by atoms with Crippen LogP contribution in [-0.4, -0.2) is 0 Å². The Kier molecular flexibility index (Phi) is 1.63. The Morgan fingerprint density at radius 3 is 2.60 bits per heavy atom. The molecule has 52 valence electrons. The molecule has 0 radical (unpaired) electrons. The minimum absolute atomic E-state index is 0.544. The normalized spacial score (nSPS) is 18.1. The molecule has 3 nitrogen and oxygen atoms in total. The van der Waals surface area contributed by atoms with Crippen LogP contribution in [0.2, 0.25) is 0 Å². The van der Waals surface area contributed by atoms with Gasteiger partial charge in [0.25, 0.3) is 0 Å². The van der Waals surface area contributed by atoms with Gasteiger partial charge in [0.1, 0.15) is 0 Å². The van der Waals surface area contributed by atoms with Crippen molar-refractivity contribution in [2.24, 2.45) is 11.5 Å². The molecule has 1 rings (SSSR count). The zero-order valence-corrected chi connectivity index (χ0v) is 5.59. The number of nitrogens with two attached hydrogens (primary N) is 2. The van der Waals surface area contributed by atoms with Gasteiger partial charge in [-0.05, 0) is 18.9 Å². The molecule has 0 unspecified atom stereocenters. The van der Waals surface area contributed by atoms with Gasteiger partial charge in [0.2, 0.25) is 0 Å². The van der Waals surface area contributed by atoms with Crippen LogP contribution in [0.3, 0.4) is 0 Å². The van der Waals surface area contributed by atoms with E-state index in [1.54, 1.807) is 6.08 Å². The average molecular weight is 135 g/mol. The summed E-state index contributed by atoms with van der Waals surface area (Å²) in [4.78, 5) is 0. The summed E-state index contributed by atoms with van der Waals surface area (Å²) in [6, 6.07) is 2.05. The summed E-state index contributed by atoms with van der Waals surface area (Å²) < 4.78 is 0. The van der Waals surface area contributed by atoms with Crippen molar-refractivity contribution in [1.29, 1.82) is 5.26 Å². The van der Waals surface area contributed by atoms with Crippen molar-refractivity contribution in [3.05, 3.63) is 23.0 Å². The summed E-state index contributed by atoms with van der Waals surface area (Å²) in [5.74, 6) is 0. The monoisotopic (exact) mass is 135 g/mol. The van der Waals surface area contributed by atoms with Gasteiger partial charge in [0.05, 0.1) is 11.8 Å². The summed E-state index contributed by atoms with van der Waals surface area (Å²) in [6.45, 7) is 0. The number of nitriles is 1. The molecule has 0 amide bonds. The van der Waals surface area contributed by atoms with Gasteiger partial charge in [0.15, 0.2) is 0 Å². The second-order valence-electron chi connectivity index (χ2n) is 2.26. The van der Waals surface area contributed by atoms with Crippen LogP contribution in [0.25, 0.3) is 0 Å². The SMILES string of the molecule is N#CC1=CC(N)=C(N)CC1. The number of rotatable bonds is 0. The first-order valence-electron chi connectivity index (χ1n) is 3.09. The summed E-state index contributed by atoms with van der Waals surface area (Å²) in [6.07, 6.45) is 3.08. The Morgan fingerprint density at radius 1 is 1.40 bits per heavy atom. The lowest BCUT2D eigenvalue weighted by Gasteiger charge is -2.09. The van der Waals surface area contributed by atoms with E-state index in [1.165, 1.54) is 0 Å². The molecule has 0 saturated heterocycles. The molecular formula is C7H9N3. The Morgan fingerprint density at radius 2 is 2.10 bits per heavy atom. The van der Waals surface area contributed by atoms with E-state index in [0.717, 1.165) is 6.42 Å². The summed E-state index contributed by atoms with van der Waals surface area (Å²) >= 11 is 0. The minimum atomic E-state index is 0.544. The number of hydrogen-bond donors (Lipinski definition) is 2. The molecule has 0 aromatic carbocycles. The lowest BCUT2D eigenvalue weighted by molar-refractivity contribution is 0.889. The first-order chi connectivity index (χ1) is 4.74. The van der Waals surface area contributed by atoms with Crippen molar-refractivity contribution in [3.63, 3.8) is 0 Å². The summed E-state index contributed by atoms with van der Waals surface area (Å²) in [5, 5.41) is 8.46. The highest BCUT2D eigenvalue weighted by Gasteiger charge is 2.06. The van der Waals surface area contributed by atoms with Crippen LogP contribution < -0.4 is 11.5 Å². The predicted octanol–water partition coefficient (Wildman–Crippen LogP) is 0.359. The van der Waals surface area contributed by atoms with Crippen molar-refractivity contribution >= 4 is 0 Å². The topological polar surface area (TPSA) is 75.8 Å². The van der Waals surface area contributed by atoms with Gasteiger partial charge in [0, 0.05) is 11.3 Å². The second kappa shape index (κ2) is 2.44. The summed E-state index contributed by atoms with van der Waals surface area (Å²) in [5.41, 5.74) is 12.9. The average Bonchev–Trinajstić information content (AvgIpc) is 1.95. The highest BCUT2D eigenvalue weighted by atomic mass is 14.7. The molecule has 0 atom stereocenters. The molecule has 0 fully saturated rings. The standard InChI is InChI=1S/C7H9N3/c8-4-5-1-2-6(9)7(10)3-5/h3H,1-2,9-10H2. The van der Waals surface area contributed by atoms with E-state index in [0.29, 0.717) is 23.4 Å². The third-order valence-corrected chi connectivity index (χ3v) is 1.51. The highest BCUT2D eigenvalue weighted by Crippen LogP contribution is 2.16. The van der Waals surface area contributed by atoms with Crippen LogP contribution in [0.15, 0.2) is 23.0 Å². The van der Waals surface area contributed by atoms with Gasteiger partial charge in [-0.25, -0.2) is 0 Å². The molecule has 4 N–H and O–H groups in total. The zero-order chi connectivity index (χ0) is 7.56. The van der Waals surface area contributed by atoms with Crippen molar-refractivity contribution in [2.45, 2.75) is 12.8 Å². The van der Waals surface area contributed by atoms with Gasteiger partial charge >= 0.3 is 0 Å². The molecule has 0 saturated carbocycles. The molecule has 0 bridgehead atoms. The van der Waals surface area contributed by atoms with E-state index in [4.69, 9.17) is 16.7 Å². The van der Waals surface area contributed by atoms with E-state index >= 15 is 0 Å². The van der Waals surface area contributed by atoms with Crippen molar-refractivity contribution in [2.75, 3.05) is 0 Å². The van der Waals surface area contributed by atoms with E-state index in [9.17, 15) is 0 Å². The number of allylic oxidation sites excluding steroid dienone is 3. The van der Waals surface area contributed by atoms with Gasteiger partial charge in [-0.3, -0.25) is 0 Å². The quantitative estimate of drug-likeness (QED) is 0.503. The fourth-order valence-corrected chi connectivity index (χ4v) is 0.854. The van der Waals surface area contributed by atoms with Crippen LogP contribution in [0.5, 0.6) is 0 Å². The molecule has 10 heavy (non-hydrogen) atoms. The van der Waals surface area contributed by atoms with Gasteiger partial charge in [-0.15, -0.1) is 0 Å². The molecule has 0 aliphatic heterocycles. The molecule has 0 heterocycles. The van der Waals surface area contributed by atoms with Gasteiger partial charge in [-0.2, -0.15) is 5.26 Å². The lowest BCUT2D eigenvalue weighted by Crippen LogP contribution is -2.11. The smallest absolute Gasteiger partial charge is 0.0947 e. The second-order valence-corrected chi connectivity index (χ2v) is 2.26. The molecule has 0 aromatic rings. The van der Waals surface area contributed by atoms with Crippen molar-refractivity contribution in [1.82, 2.24) is 0 Å². The van der Waals surface area contributed by atoms with Crippen molar-refractivity contribution < 1.29 is 0 Å². The molecule has 1 aliphatic carbocycles. The molecule has 0 spiro atoms. The molecular weight excluding hydrogens is 126 g/mol. The lowest BCUT2D eigenvalue weighted by atomic mass is 10.0.